The van der Waals surface area contributed by atoms with E-state index < -0.39 is 0 Å². The van der Waals surface area contributed by atoms with Crippen LogP contribution in [-0.4, -0.2) is 18.3 Å². The molecule has 0 bridgehead atoms. The van der Waals surface area contributed by atoms with Crippen molar-refractivity contribution in [2.45, 2.75) is 91.8 Å². The number of hydrogen-bond donors (Lipinski definition) is 0. The monoisotopic (exact) mass is 330 g/mol. The van der Waals surface area contributed by atoms with Gasteiger partial charge in [-0.3, -0.25) is 0 Å². The van der Waals surface area contributed by atoms with Gasteiger partial charge < -0.3 is 9.31 Å². The molecule has 0 atom stereocenters. The fourth-order valence-electron chi connectivity index (χ4n) is 3.49. The van der Waals surface area contributed by atoms with Crippen LogP contribution >= 0.6 is 0 Å². The van der Waals surface area contributed by atoms with E-state index in [2.05, 4.69) is 86.6 Å². The Bertz CT molecular complexity index is 554. The third kappa shape index (κ3) is 3.88. The summed E-state index contributed by atoms with van der Waals surface area (Å²) in [5, 5.41) is 0. The highest BCUT2D eigenvalue weighted by Gasteiger charge is 2.51. The van der Waals surface area contributed by atoms with E-state index in [9.17, 15) is 0 Å². The molecule has 0 N–H and O–H groups in total. The van der Waals surface area contributed by atoms with Gasteiger partial charge in [0.05, 0.1) is 11.2 Å². The Morgan fingerprint density at radius 1 is 0.875 bits per heavy atom. The molecule has 3 heteroatoms. The standard InChI is InChI=1S/C21H35BO2/c1-10-18(2,3)15-19(4,5)16-11-13-17(14-12-16)22-23-20(6,7)21(8,9)24-22/h11-14H,10,15H2,1-9H3. The highest BCUT2D eigenvalue weighted by Crippen LogP contribution is 2.39. The fourth-order valence-corrected chi connectivity index (χ4v) is 3.49. The molecular formula is C21H35BO2. The Morgan fingerprint density at radius 2 is 1.33 bits per heavy atom. The van der Waals surface area contributed by atoms with Gasteiger partial charge in [-0.25, -0.2) is 0 Å². The number of rotatable bonds is 5. The van der Waals surface area contributed by atoms with Crippen LogP contribution in [0.4, 0.5) is 0 Å². The van der Waals surface area contributed by atoms with Crippen LogP contribution in [-0.2, 0) is 14.7 Å². The van der Waals surface area contributed by atoms with Crippen LogP contribution in [0.1, 0.15) is 80.7 Å². The van der Waals surface area contributed by atoms with E-state index in [1.807, 2.05) is 0 Å². The molecule has 1 saturated heterocycles. The molecule has 24 heavy (non-hydrogen) atoms. The van der Waals surface area contributed by atoms with Crippen LogP contribution in [0.2, 0.25) is 0 Å². The maximum absolute atomic E-state index is 6.15. The maximum Gasteiger partial charge on any atom is 0.494 e. The summed E-state index contributed by atoms with van der Waals surface area (Å²) in [5.74, 6) is 0. The molecule has 0 radical (unpaired) electrons. The summed E-state index contributed by atoms with van der Waals surface area (Å²) in [7, 11) is -0.278. The van der Waals surface area contributed by atoms with Crippen molar-refractivity contribution in [2.24, 2.45) is 5.41 Å². The molecular weight excluding hydrogens is 295 g/mol. The van der Waals surface area contributed by atoms with Gasteiger partial charge in [0.15, 0.2) is 0 Å². The minimum atomic E-state index is -0.291. The van der Waals surface area contributed by atoms with Crippen molar-refractivity contribution in [3.8, 4) is 0 Å². The molecule has 0 aliphatic carbocycles. The third-order valence-electron chi connectivity index (χ3n) is 6.10. The SMILES string of the molecule is CCC(C)(C)CC(C)(C)c1ccc(B2OC(C)(C)C(C)(C)O2)cc1. The predicted molar refractivity (Wildman–Crippen MR) is 104 cm³/mol. The Balaban J connectivity index is 2.17. The van der Waals surface area contributed by atoms with Gasteiger partial charge >= 0.3 is 7.12 Å². The minimum Gasteiger partial charge on any atom is -0.399 e. The van der Waals surface area contributed by atoms with E-state index in [-0.39, 0.29) is 23.7 Å². The van der Waals surface area contributed by atoms with Crippen LogP contribution in [0.25, 0.3) is 0 Å². The largest absolute Gasteiger partial charge is 0.494 e. The normalized spacial score (nSPS) is 20.5. The van der Waals surface area contributed by atoms with E-state index >= 15 is 0 Å². The van der Waals surface area contributed by atoms with Crippen molar-refractivity contribution in [1.82, 2.24) is 0 Å². The second kappa shape index (κ2) is 6.18. The topological polar surface area (TPSA) is 18.5 Å². The molecule has 1 aliphatic heterocycles. The first-order valence-electron chi connectivity index (χ1n) is 9.26. The van der Waals surface area contributed by atoms with E-state index in [0.29, 0.717) is 5.41 Å². The van der Waals surface area contributed by atoms with Crippen molar-refractivity contribution in [3.63, 3.8) is 0 Å². The van der Waals surface area contributed by atoms with Gasteiger partial charge in [-0.2, -0.15) is 0 Å². The van der Waals surface area contributed by atoms with Crippen molar-refractivity contribution in [1.29, 1.82) is 0 Å². The summed E-state index contributed by atoms with van der Waals surface area (Å²) >= 11 is 0. The summed E-state index contributed by atoms with van der Waals surface area (Å²) in [6.45, 7) is 20.0. The minimum absolute atomic E-state index is 0.161. The first-order chi connectivity index (χ1) is 10.8. The second-order valence-corrected chi connectivity index (χ2v) is 9.79. The number of benzene rings is 1. The molecule has 1 aromatic rings. The molecule has 1 aromatic carbocycles. The Kier molecular flexibility index (Phi) is 5.03. The Hall–Kier alpha value is -0.795. The second-order valence-electron chi connectivity index (χ2n) is 9.79. The van der Waals surface area contributed by atoms with Crippen LogP contribution in [0.3, 0.4) is 0 Å². The zero-order valence-corrected chi connectivity index (χ0v) is 17.1. The van der Waals surface area contributed by atoms with Gasteiger partial charge in [0, 0.05) is 0 Å². The van der Waals surface area contributed by atoms with Crippen molar-refractivity contribution in [2.75, 3.05) is 0 Å². The Morgan fingerprint density at radius 3 is 1.75 bits per heavy atom. The quantitative estimate of drug-likeness (QED) is 0.700. The fraction of sp³-hybridized carbons (Fsp3) is 0.714. The lowest BCUT2D eigenvalue weighted by Crippen LogP contribution is -2.41. The first kappa shape index (κ1) is 19.5. The molecule has 1 heterocycles. The number of hydrogen-bond acceptors (Lipinski definition) is 2. The van der Waals surface area contributed by atoms with Gasteiger partial charge in [0.25, 0.3) is 0 Å². The molecule has 1 fully saturated rings. The molecule has 2 rings (SSSR count). The van der Waals surface area contributed by atoms with Crippen molar-refractivity contribution < 1.29 is 9.31 Å². The average molecular weight is 330 g/mol. The van der Waals surface area contributed by atoms with Gasteiger partial charge in [0.1, 0.15) is 0 Å². The lowest BCUT2D eigenvalue weighted by molar-refractivity contribution is 0.00578. The molecule has 1 aliphatic rings. The van der Waals surface area contributed by atoms with Crippen LogP contribution in [0.15, 0.2) is 24.3 Å². The molecule has 0 aromatic heterocycles. The predicted octanol–water partition coefficient (Wildman–Crippen LogP) is 5.09. The highest BCUT2D eigenvalue weighted by molar-refractivity contribution is 6.62. The van der Waals surface area contributed by atoms with Gasteiger partial charge in [-0.15, -0.1) is 0 Å². The van der Waals surface area contributed by atoms with E-state index in [1.54, 1.807) is 0 Å². The highest BCUT2D eigenvalue weighted by atomic mass is 16.7. The zero-order valence-electron chi connectivity index (χ0n) is 17.1. The third-order valence-corrected chi connectivity index (χ3v) is 6.10. The molecule has 0 unspecified atom stereocenters. The van der Waals surface area contributed by atoms with E-state index in [0.717, 1.165) is 5.46 Å². The summed E-state index contributed by atoms with van der Waals surface area (Å²) in [6, 6.07) is 8.81. The molecule has 0 spiro atoms. The van der Waals surface area contributed by atoms with Gasteiger partial charge in [-0.05, 0) is 56.0 Å². The van der Waals surface area contributed by atoms with Crippen LogP contribution in [0, 0.1) is 5.41 Å². The molecule has 0 saturated carbocycles. The molecule has 2 nitrogen and oxygen atoms in total. The summed E-state index contributed by atoms with van der Waals surface area (Å²) in [5.41, 5.74) is 2.41. The smallest absolute Gasteiger partial charge is 0.399 e. The van der Waals surface area contributed by atoms with Crippen LogP contribution in [0.5, 0.6) is 0 Å². The van der Waals surface area contributed by atoms with Gasteiger partial charge in [0.2, 0.25) is 0 Å². The zero-order chi connectivity index (χ0) is 18.4. The summed E-state index contributed by atoms with van der Waals surface area (Å²) < 4.78 is 12.3. The summed E-state index contributed by atoms with van der Waals surface area (Å²) in [4.78, 5) is 0. The Labute approximate surface area is 149 Å². The van der Waals surface area contributed by atoms with Gasteiger partial charge in [-0.1, -0.05) is 65.3 Å². The lowest BCUT2D eigenvalue weighted by atomic mass is 9.69. The average Bonchev–Trinajstić information content (AvgIpc) is 2.67. The first-order valence-corrected chi connectivity index (χ1v) is 9.26. The molecule has 0 amide bonds. The van der Waals surface area contributed by atoms with Crippen molar-refractivity contribution >= 4 is 12.6 Å². The maximum atomic E-state index is 6.15. The van der Waals surface area contributed by atoms with Crippen molar-refractivity contribution in [3.05, 3.63) is 29.8 Å². The van der Waals surface area contributed by atoms with E-state index in [4.69, 9.17) is 9.31 Å². The van der Waals surface area contributed by atoms with Crippen LogP contribution < -0.4 is 5.46 Å². The molecule has 134 valence electrons. The summed E-state index contributed by atoms with van der Waals surface area (Å²) in [6.07, 6.45) is 2.37. The lowest BCUT2D eigenvalue weighted by Gasteiger charge is -2.35. The van der Waals surface area contributed by atoms with E-state index in [1.165, 1.54) is 18.4 Å².